The number of hydrogen-bond acceptors (Lipinski definition) is 2. The molecule has 1 amide bonds. The van der Waals surface area contributed by atoms with E-state index in [-0.39, 0.29) is 23.1 Å². The number of rotatable bonds is 4. The van der Waals surface area contributed by atoms with Crippen LogP contribution in [0.3, 0.4) is 0 Å². The van der Waals surface area contributed by atoms with Crippen LogP contribution in [0.1, 0.15) is 11.1 Å². The highest BCUT2D eigenvalue weighted by Crippen LogP contribution is 2.31. The molecule has 7 heteroatoms. The van der Waals surface area contributed by atoms with Crippen molar-refractivity contribution in [3.8, 4) is 5.75 Å². The van der Waals surface area contributed by atoms with Gasteiger partial charge in [-0.05, 0) is 29.8 Å². The molecule has 0 bridgehead atoms. The van der Waals surface area contributed by atoms with Crippen molar-refractivity contribution in [3.05, 3.63) is 61.5 Å². The van der Waals surface area contributed by atoms with Crippen molar-refractivity contribution in [1.29, 1.82) is 0 Å². The molecule has 0 aliphatic rings. The molecule has 22 heavy (non-hydrogen) atoms. The van der Waals surface area contributed by atoms with Crippen molar-refractivity contribution in [2.45, 2.75) is 13.0 Å². The first kappa shape index (κ1) is 17.2. The molecule has 0 fully saturated rings. The molecule has 0 saturated carbocycles. The first-order chi connectivity index (χ1) is 10.4. The Labute approximate surface area is 147 Å². The van der Waals surface area contributed by atoms with Crippen molar-refractivity contribution >= 4 is 52.3 Å². The first-order valence-corrected chi connectivity index (χ1v) is 7.75. The van der Waals surface area contributed by atoms with Crippen LogP contribution >= 0.6 is 46.4 Å². The number of benzene rings is 2. The average molecular weight is 379 g/mol. The van der Waals surface area contributed by atoms with Gasteiger partial charge in [-0.2, -0.15) is 0 Å². The van der Waals surface area contributed by atoms with Crippen molar-refractivity contribution in [2.24, 2.45) is 0 Å². The smallest absolute Gasteiger partial charge is 0.224 e. The molecule has 2 aromatic rings. The van der Waals surface area contributed by atoms with Crippen LogP contribution < -0.4 is 5.32 Å². The van der Waals surface area contributed by atoms with Crippen molar-refractivity contribution < 1.29 is 9.90 Å². The molecule has 0 atom stereocenters. The molecule has 2 aromatic carbocycles. The number of carbonyl (C=O) groups excluding carboxylic acids is 1. The fraction of sp³-hybridized carbons (Fsp3) is 0.133. The summed E-state index contributed by atoms with van der Waals surface area (Å²) in [4.78, 5) is 11.9. The van der Waals surface area contributed by atoms with Crippen molar-refractivity contribution in [1.82, 2.24) is 5.32 Å². The van der Waals surface area contributed by atoms with Crippen LogP contribution in [0, 0.1) is 0 Å². The molecule has 2 rings (SSSR count). The number of phenols is 1. The lowest BCUT2D eigenvalue weighted by atomic mass is 10.1. The summed E-state index contributed by atoms with van der Waals surface area (Å²) in [7, 11) is 0. The number of phenolic OH excluding ortho intramolecular Hbond substituents is 1. The van der Waals surface area contributed by atoms with Gasteiger partial charge >= 0.3 is 0 Å². The van der Waals surface area contributed by atoms with Gasteiger partial charge in [0.15, 0.2) is 0 Å². The normalized spacial score (nSPS) is 10.5. The third-order valence-corrected chi connectivity index (χ3v) is 4.18. The van der Waals surface area contributed by atoms with Crippen LogP contribution in [-0.2, 0) is 17.8 Å². The second-order valence-corrected chi connectivity index (χ2v) is 6.26. The Morgan fingerprint density at radius 1 is 1.00 bits per heavy atom. The van der Waals surface area contributed by atoms with E-state index in [1.165, 1.54) is 12.1 Å². The topological polar surface area (TPSA) is 49.3 Å². The summed E-state index contributed by atoms with van der Waals surface area (Å²) >= 11 is 23.4. The second-order valence-electron chi connectivity index (χ2n) is 4.60. The molecular weight excluding hydrogens is 368 g/mol. The van der Waals surface area contributed by atoms with E-state index in [1.54, 1.807) is 18.2 Å². The van der Waals surface area contributed by atoms with Gasteiger partial charge in [0.1, 0.15) is 5.75 Å². The van der Waals surface area contributed by atoms with Gasteiger partial charge in [0.2, 0.25) is 5.91 Å². The van der Waals surface area contributed by atoms with E-state index in [9.17, 15) is 9.90 Å². The lowest BCUT2D eigenvalue weighted by molar-refractivity contribution is -0.120. The minimum absolute atomic E-state index is 0.0343. The number of amides is 1. The van der Waals surface area contributed by atoms with E-state index in [1.807, 2.05) is 0 Å². The van der Waals surface area contributed by atoms with Gasteiger partial charge in [-0.25, -0.2) is 0 Å². The van der Waals surface area contributed by atoms with Gasteiger partial charge in [-0.15, -0.1) is 0 Å². The minimum atomic E-state index is -0.278. The molecule has 0 saturated heterocycles. The summed E-state index contributed by atoms with van der Waals surface area (Å²) < 4.78 is 0. The first-order valence-electron chi connectivity index (χ1n) is 6.24. The summed E-state index contributed by atoms with van der Waals surface area (Å²) in [5, 5.41) is 13.9. The zero-order chi connectivity index (χ0) is 16.3. The molecule has 0 aromatic heterocycles. The second kappa shape index (κ2) is 7.42. The Bertz CT molecular complexity index is 719. The summed E-state index contributed by atoms with van der Waals surface area (Å²) in [5.74, 6) is -0.421. The molecule has 2 N–H and O–H groups in total. The van der Waals surface area contributed by atoms with Gasteiger partial charge in [-0.3, -0.25) is 4.79 Å². The summed E-state index contributed by atoms with van der Waals surface area (Å²) in [6.45, 7) is 0.296. The predicted molar refractivity (Wildman–Crippen MR) is 90.1 cm³/mol. The van der Waals surface area contributed by atoms with Crippen molar-refractivity contribution in [2.75, 3.05) is 0 Å². The summed E-state index contributed by atoms with van der Waals surface area (Å²) in [5.41, 5.74) is 1.18. The molecule has 0 heterocycles. The molecule has 0 radical (unpaired) electrons. The number of aromatic hydroxyl groups is 1. The largest absolute Gasteiger partial charge is 0.506 e. The lowest BCUT2D eigenvalue weighted by Gasteiger charge is -2.09. The highest BCUT2D eigenvalue weighted by molar-refractivity contribution is 6.42. The third-order valence-electron chi connectivity index (χ3n) is 2.93. The van der Waals surface area contributed by atoms with Crippen LogP contribution in [0.2, 0.25) is 20.1 Å². The minimum Gasteiger partial charge on any atom is -0.506 e. The molecular formula is C15H11Cl4NO2. The number of halogens is 4. The maximum Gasteiger partial charge on any atom is 0.224 e. The maximum atomic E-state index is 11.9. The third kappa shape index (κ3) is 4.43. The zero-order valence-electron chi connectivity index (χ0n) is 11.2. The van der Waals surface area contributed by atoms with Gasteiger partial charge in [0.05, 0.1) is 21.5 Å². The molecule has 0 unspecified atom stereocenters. The van der Waals surface area contributed by atoms with Gasteiger partial charge in [0, 0.05) is 17.1 Å². The molecule has 0 aliphatic heterocycles. The van der Waals surface area contributed by atoms with Crippen LogP contribution in [0.5, 0.6) is 5.75 Å². The lowest BCUT2D eigenvalue weighted by Crippen LogP contribution is -2.24. The number of hydrogen-bond donors (Lipinski definition) is 2. The van der Waals surface area contributed by atoms with E-state index in [2.05, 4.69) is 5.32 Å². The number of carbonyl (C=O) groups is 1. The Kier molecular flexibility index (Phi) is 5.81. The van der Waals surface area contributed by atoms with Crippen molar-refractivity contribution in [3.63, 3.8) is 0 Å². The highest BCUT2D eigenvalue weighted by Gasteiger charge is 2.12. The predicted octanol–water partition coefficient (Wildman–Crippen LogP) is 4.86. The standard InChI is InChI=1S/C15H11Cl4NO2/c16-10-4-9(15(22)13(19)6-10)5-14(21)20-7-8-1-2-11(17)12(18)3-8/h1-4,6,22H,5,7H2,(H,20,21). The molecule has 3 nitrogen and oxygen atoms in total. The fourth-order valence-corrected chi connectivity index (χ4v) is 2.70. The monoisotopic (exact) mass is 377 g/mol. The summed E-state index contributed by atoms with van der Waals surface area (Å²) in [6, 6.07) is 8.02. The quantitative estimate of drug-likeness (QED) is 0.797. The van der Waals surface area contributed by atoms with E-state index >= 15 is 0 Å². The Morgan fingerprint density at radius 3 is 2.41 bits per heavy atom. The van der Waals surface area contributed by atoms with Gasteiger partial charge in [0.25, 0.3) is 0 Å². The van der Waals surface area contributed by atoms with Gasteiger partial charge < -0.3 is 10.4 Å². The maximum absolute atomic E-state index is 11.9. The van der Waals surface area contributed by atoms with Crippen LogP contribution in [-0.4, -0.2) is 11.0 Å². The number of nitrogens with one attached hydrogen (secondary N) is 1. The SMILES string of the molecule is O=C(Cc1cc(Cl)cc(Cl)c1O)NCc1ccc(Cl)c(Cl)c1. The van der Waals surface area contributed by atoms with Crippen LogP contribution in [0.4, 0.5) is 0 Å². The van der Waals surface area contributed by atoms with E-state index in [0.717, 1.165) is 5.56 Å². The van der Waals surface area contributed by atoms with E-state index in [4.69, 9.17) is 46.4 Å². The Balaban J connectivity index is 2.00. The molecule has 116 valence electrons. The Morgan fingerprint density at radius 2 is 1.73 bits per heavy atom. The van der Waals surface area contributed by atoms with Gasteiger partial charge in [-0.1, -0.05) is 52.5 Å². The van der Waals surface area contributed by atoms with Crippen LogP contribution in [0.15, 0.2) is 30.3 Å². The van der Waals surface area contributed by atoms with E-state index in [0.29, 0.717) is 27.2 Å². The highest BCUT2D eigenvalue weighted by atomic mass is 35.5. The summed E-state index contributed by atoms with van der Waals surface area (Å²) in [6.07, 6.45) is -0.0343. The van der Waals surface area contributed by atoms with E-state index < -0.39 is 0 Å². The Hall–Kier alpha value is -1.13. The average Bonchev–Trinajstić information content (AvgIpc) is 2.45. The fourth-order valence-electron chi connectivity index (χ4n) is 1.84. The zero-order valence-corrected chi connectivity index (χ0v) is 14.2. The molecule has 0 aliphatic carbocycles. The molecule has 0 spiro atoms. The van der Waals surface area contributed by atoms with Crippen LogP contribution in [0.25, 0.3) is 0 Å².